The molecule has 1 saturated heterocycles. The van der Waals surface area contributed by atoms with E-state index in [2.05, 4.69) is 34.2 Å². The summed E-state index contributed by atoms with van der Waals surface area (Å²) < 4.78 is 0. The fraction of sp³-hybridized carbons (Fsp3) is 0.579. The Labute approximate surface area is 140 Å². The van der Waals surface area contributed by atoms with Crippen LogP contribution in [0.15, 0.2) is 18.2 Å². The minimum atomic E-state index is 0.0421. The Kier molecular flexibility index (Phi) is 7.96. The molecular formula is C19H29N3O. The van der Waals surface area contributed by atoms with Crippen LogP contribution in [0.1, 0.15) is 43.2 Å². The third-order valence-corrected chi connectivity index (χ3v) is 4.22. The number of hydrogen-bond donors (Lipinski definition) is 3. The lowest BCUT2D eigenvalue weighted by Crippen LogP contribution is -2.43. The number of nitrogens with one attached hydrogen (secondary N) is 1. The van der Waals surface area contributed by atoms with Crippen molar-refractivity contribution in [3.63, 3.8) is 0 Å². The summed E-state index contributed by atoms with van der Waals surface area (Å²) in [4.78, 5) is 2.35. The molecule has 1 aliphatic rings. The number of anilines is 1. The Morgan fingerprint density at radius 1 is 1.13 bits per heavy atom. The summed E-state index contributed by atoms with van der Waals surface area (Å²) in [6.45, 7) is 4.88. The number of unbranched alkanes of at least 4 members (excludes halogenated alkanes) is 4. The summed E-state index contributed by atoms with van der Waals surface area (Å²) in [5.41, 5.74) is 8.55. The summed E-state index contributed by atoms with van der Waals surface area (Å²) in [5, 5.41) is 13.0. The van der Waals surface area contributed by atoms with E-state index in [1.807, 2.05) is 6.07 Å². The third-order valence-electron chi connectivity index (χ3n) is 4.22. The van der Waals surface area contributed by atoms with Gasteiger partial charge in [0.15, 0.2) is 0 Å². The monoisotopic (exact) mass is 315 g/mol. The van der Waals surface area contributed by atoms with E-state index in [0.29, 0.717) is 0 Å². The topological polar surface area (TPSA) is 61.5 Å². The molecule has 23 heavy (non-hydrogen) atoms. The van der Waals surface area contributed by atoms with E-state index in [4.69, 9.17) is 5.73 Å². The highest BCUT2D eigenvalue weighted by Gasteiger charge is 2.11. The number of nitrogens with zero attached hydrogens (tertiary/aromatic N) is 1. The molecule has 0 unspecified atom stereocenters. The van der Waals surface area contributed by atoms with Crippen molar-refractivity contribution in [2.24, 2.45) is 5.73 Å². The van der Waals surface area contributed by atoms with Crippen LogP contribution in [0.5, 0.6) is 0 Å². The van der Waals surface area contributed by atoms with E-state index in [9.17, 15) is 5.11 Å². The highest BCUT2D eigenvalue weighted by atomic mass is 16.3. The average molecular weight is 315 g/mol. The van der Waals surface area contributed by atoms with Crippen LogP contribution in [0, 0.1) is 11.8 Å². The largest absolute Gasteiger partial charge is 0.392 e. The lowest BCUT2D eigenvalue weighted by Gasteiger charge is -2.29. The molecule has 4 nitrogen and oxygen atoms in total. The first-order valence-corrected chi connectivity index (χ1v) is 8.73. The van der Waals surface area contributed by atoms with Gasteiger partial charge in [-0.1, -0.05) is 24.7 Å². The zero-order valence-electron chi connectivity index (χ0n) is 14.0. The maximum Gasteiger partial charge on any atom is 0.0694 e. The maximum absolute atomic E-state index is 9.63. The van der Waals surface area contributed by atoms with Crippen LogP contribution >= 0.6 is 0 Å². The second-order valence-electron chi connectivity index (χ2n) is 5.99. The Morgan fingerprint density at radius 2 is 1.91 bits per heavy atom. The van der Waals surface area contributed by atoms with Crippen LogP contribution in [0.2, 0.25) is 0 Å². The number of rotatable bonds is 7. The molecule has 0 aliphatic carbocycles. The van der Waals surface area contributed by atoms with Crippen molar-refractivity contribution in [2.45, 2.75) is 38.7 Å². The minimum absolute atomic E-state index is 0.0421. The lowest BCUT2D eigenvalue weighted by molar-refractivity contribution is 0.281. The van der Waals surface area contributed by atoms with Gasteiger partial charge in [0.05, 0.1) is 6.61 Å². The number of piperazine rings is 1. The molecular weight excluding hydrogens is 286 g/mol. The normalized spacial score (nSPS) is 14.4. The van der Waals surface area contributed by atoms with Crippen molar-refractivity contribution >= 4 is 5.69 Å². The molecule has 2 rings (SSSR count). The molecule has 1 fully saturated rings. The SMILES string of the molecule is NCCCCCCC#Cc1ccc(N2CCNCC2)cc1CO. The predicted molar refractivity (Wildman–Crippen MR) is 96.5 cm³/mol. The molecule has 126 valence electrons. The van der Waals surface area contributed by atoms with E-state index >= 15 is 0 Å². The van der Waals surface area contributed by atoms with E-state index < -0.39 is 0 Å². The Morgan fingerprint density at radius 3 is 2.65 bits per heavy atom. The van der Waals surface area contributed by atoms with Crippen LogP contribution < -0.4 is 16.0 Å². The van der Waals surface area contributed by atoms with Crippen molar-refractivity contribution < 1.29 is 5.11 Å². The number of hydrogen-bond acceptors (Lipinski definition) is 4. The molecule has 0 spiro atoms. The van der Waals surface area contributed by atoms with Gasteiger partial charge in [0.2, 0.25) is 0 Å². The fourth-order valence-electron chi connectivity index (χ4n) is 2.82. The molecule has 1 heterocycles. The van der Waals surface area contributed by atoms with Gasteiger partial charge in [-0.25, -0.2) is 0 Å². The molecule has 1 aliphatic heterocycles. The van der Waals surface area contributed by atoms with E-state index in [1.54, 1.807) is 0 Å². The first-order chi connectivity index (χ1) is 11.3. The smallest absolute Gasteiger partial charge is 0.0694 e. The van der Waals surface area contributed by atoms with Gasteiger partial charge in [0.25, 0.3) is 0 Å². The zero-order valence-corrected chi connectivity index (χ0v) is 14.0. The number of aliphatic hydroxyl groups is 1. The fourth-order valence-corrected chi connectivity index (χ4v) is 2.82. The first kappa shape index (κ1) is 17.8. The Balaban J connectivity index is 1.91. The first-order valence-electron chi connectivity index (χ1n) is 8.73. The molecule has 0 saturated carbocycles. The second-order valence-corrected chi connectivity index (χ2v) is 5.99. The van der Waals surface area contributed by atoms with Crippen molar-refractivity contribution in [1.29, 1.82) is 0 Å². The molecule has 0 atom stereocenters. The van der Waals surface area contributed by atoms with E-state index in [0.717, 1.165) is 63.1 Å². The summed E-state index contributed by atoms with van der Waals surface area (Å²) in [5.74, 6) is 6.46. The van der Waals surface area contributed by atoms with Gasteiger partial charge >= 0.3 is 0 Å². The van der Waals surface area contributed by atoms with Gasteiger partial charge in [-0.3, -0.25) is 0 Å². The van der Waals surface area contributed by atoms with Gasteiger partial charge in [-0.05, 0) is 43.1 Å². The molecule has 0 bridgehead atoms. The molecule has 4 N–H and O–H groups in total. The average Bonchev–Trinajstić information content (AvgIpc) is 2.61. The summed E-state index contributed by atoms with van der Waals surface area (Å²) in [7, 11) is 0. The van der Waals surface area contributed by atoms with Crippen LogP contribution in [-0.2, 0) is 6.61 Å². The van der Waals surface area contributed by atoms with Crippen LogP contribution in [-0.4, -0.2) is 37.8 Å². The van der Waals surface area contributed by atoms with Crippen molar-refractivity contribution in [3.05, 3.63) is 29.3 Å². The van der Waals surface area contributed by atoms with Crippen LogP contribution in [0.25, 0.3) is 0 Å². The quantitative estimate of drug-likeness (QED) is 0.531. The lowest BCUT2D eigenvalue weighted by atomic mass is 10.1. The molecule has 1 aromatic carbocycles. The summed E-state index contributed by atoms with van der Waals surface area (Å²) in [6, 6.07) is 6.25. The van der Waals surface area contributed by atoms with Crippen LogP contribution in [0.4, 0.5) is 5.69 Å². The molecule has 1 aromatic rings. The molecule has 4 heteroatoms. The Hall–Kier alpha value is -1.54. The van der Waals surface area contributed by atoms with Crippen LogP contribution in [0.3, 0.4) is 0 Å². The molecule has 0 radical (unpaired) electrons. The highest BCUT2D eigenvalue weighted by molar-refractivity contribution is 5.55. The maximum atomic E-state index is 9.63. The van der Waals surface area contributed by atoms with Crippen molar-refractivity contribution in [2.75, 3.05) is 37.6 Å². The Bertz CT molecular complexity index is 527. The van der Waals surface area contributed by atoms with Gasteiger partial charge in [0.1, 0.15) is 0 Å². The minimum Gasteiger partial charge on any atom is -0.392 e. The van der Waals surface area contributed by atoms with Gasteiger partial charge < -0.3 is 21.1 Å². The third kappa shape index (κ3) is 5.87. The van der Waals surface area contributed by atoms with E-state index in [1.165, 1.54) is 18.5 Å². The predicted octanol–water partition coefficient (Wildman–Crippen LogP) is 1.85. The molecule has 0 aromatic heterocycles. The second kappa shape index (κ2) is 10.3. The number of benzene rings is 1. The van der Waals surface area contributed by atoms with Gasteiger partial charge in [-0.15, -0.1) is 0 Å². The van der Waals surface area contributed by atoms with Crippen molar-refractivity contribution in [3.8, 4) is 11.8 Å². The van der Waals surface area contributed by atoms with Gasteiger partial charge in [-0.2, -0.15) is 0 Å². The van der Waals surface area contributed by atoms with Crippen molar-refractivity contribution in [1.82, 2.24) is 5.32 Å². The summed E-state index contributed by atoms with van der Waals surface area (Å²) in [6.07, 6.45) is 5.53. The summed E-state index contributed by atoms with van der Waals surface area (Å²) >= 11 is 0. The zero-order chi connectivity index (χ0) is 16.3. The standard InChI is InChI=1S/C19H29N3O/c20-10-6-4-2-1-3-5-7-17-8-9-19(15-18(17)16-23)22-13-11-21-12-14-22/h8-9,15,21,23H,1-4,6,10-14,16,20H2. The highest BCUT2D eigenvalue weighted by Crippen LogP contribution is 2.20. The number of nitrogens with two attached hydrogens (primary N) is 1. The van der Waals surface area contributed by atoms with Gasteiger partial charge in [0, 0.05) is 43.9 Å². The van der Waals surface area contributed by atoms with E-state index in [-0.39, 0.29) is 6.61 Å². The number of aliphatic hydroxyl groups excluding tert-OH is 1. The molecule has 0 amide bonds.